The smallest absolute Gasteiger partial charge is 0.215 e. The highest BCUT2D eigenvalue weighted by molar-refractivity contribution is 6.30. The van der Waals surface area contributed by atoms with E-state index in [0.717, 1.165) is 25.7 Å². The number of aliphatic hydroxyl groups is 1. The normalized spacial score (nSPS) is 19.9. The maximum absolute atomic E-state index is 10.8. The highest BCUT2D eigenvalue weighted by atomic mass is 35.5. The first-order chi connectivity index (χ1) is 11.6. The zero-order valence-corrected chi connectivity index (χ0v) is 14.6. The molecule has 0 amide bonds. The Balaban J connectivity index is 1.68. The Labute approximate surface area is 147 Å². The van der Waals surface area contributed by atoms with Crippen molar-refractivity contribution in [3.05, 3.63) is 53.2 Å². The summed E-state index contributed by atoms with van der Waals surface area (Å²) in [5.41, 5.74) is 2.50. The van der Waals surface area contributed by atoms with Crippen LogP contribution in [0.3, 0.4) is 0 Å². The third-order valence-corrected chi connectivity index (χ3v) is 4.59. The molecule has 24 heavy (non-hydrogen) atoms. The van der Waals surface area contributed by atoms with Gasteiger partial charge < -0.3 is 14.6 Å². The van der Waals surface area contributed by atoms with Crippen LogP contribution in [0.4, 0.5) is 0 Å². The van der Waals surface area contributed by atoms with Gasteiger partial charge in [-0.3, -0.25) is 10.4 Å². The summed E-state index contributed by atoms with van der Waals surface area (Å²) >= 11 is 5.90. The average molecular weight is 351 g/mol. The van der Waals surface area contributed by atoms with Gasteiger partial charge in [-0.25, -0.2) is 0 Å². The SMILES string of the molecule is COC1=CN(CC2(O)CCCCC2)NC(Oc2ccc(Cl)cc2)=C1. The molecule has 1 heterocycles. The third-order valence-electron chi connectivity index (χ3n) is 4.34. The number of hydrazine groups is 1. The number of methoxy groups -OCH3 is 1. The molecule has 0 saturated heterocycles. The van der Waals surface area contributed by atoms with Crippen LogP contribution in [-0.2, 0) is 4.74 Å². The summed E-state index contributed by atoms with van der Waals surface area (Å²) in [6.45, 7) is 0.487. The molecule has 2 N–H and O–H groups in total. The molecule has 0 aromatic heterocycles. The number of nitrogens with zero attached hydrogens (tertiary/aromatic N) is 1. The Morgan fingerprint density at radius 3 is 2.58 bits per heavy atom. The molecule has 1 fully saturated rings. The molecule has 6 heteroatoms. The molecule has 1 aromatic carbocycles. The first-order valence-corrected chi connectivity index (χ1v) is 8.61. The minimum absolute atomic E-state index is 0.487. The predicted octanol–water partition coefficient (Wildman–Crippen LogP) is 3.56. The van der Waals surface area contributed by atoms with Crippen molar-refractivity contribution < 1.29 is 14.6 Å². The van der Waals surface area contributed by atoms with E-state index in [1.54, 1.807) is 37.5 Å². The van der Waals surface area contributed by atoms with Crippen molar-refractivity contribution in [2.24, 2.45) is 0 Å². The van der Waals surface area contributed by atoms with Crippen LogP contribution in [-0.4, -0.2) is 29.4 Å². The van der Waals surface area contributed by atoms with Crippen molar-refractivity contribution in [2.45, 2.75) is 37.7 Å². The molecule has 3 rings (SSSR count). The maximum Gasteiger partial charge on any atom is 0.215 e. The van der Waals surface area contributed by atoms with E-state index < -0.39 is 5.60 Å². The minimum Gasteiger partial charge on any atom is -0.495 e. The maximum atomic E-state index is 10.8. The molecule has 1 saturated carbocycles. The third kappa shape index (κ3) is 4.36. The van der Waals surface area contributed by atoms with E-state index in [1.807, 2.05) is 11.2 Å². The lowest BCUT2D eigenvalue weighted by Crippen LogP contribution is -2.48. The molecule has 0 bridgehead atoms. The summed E-state index contributed by atoms with van der Waals surface area (Å²) in [6.07, 6.45) is 8.57. The first-order valence-electron chi connectivity index (χ1n) is 8.23. The largest absolute Gasteiger partial charge is 0.495 e. The van der Waals surface area contributed by atoms with Crippen molar-refractivity contribution in [2.75, 3.05) is 13.7 Å². The Morgan fingerprint density at radius 2 is 1.92 bits per heavy atom. The van der Waals surface area contributed by atoms with E-state index in [-0.39, 0.29) is 0 Å². The van der Waals surface area contributed by atoms with Gasteiger partial charge >= 0.3 is 0 Å². The summed E-state index contributed by atoms with van der Waals surface area (Å²) in [7, 11) is 1.61. The number of rotatable bonds is 5. The van der Waals surface area contributed by atoms with Crippen LogP contribution in [0.25, 0.3) is 0 Å². The topological polar surface area (TPSA) is 54.0 Å². The molecule has 0 spiro atoms. The molecule has 0 unspecified atom stereocenters. The van der Waals surface area contributed by atoms with Gasteiger partial charge in [-0.15, -0.1) is 0 Å². The lowest BCUT2D eigenvalue weighted by molar-refractivity contribution is -0.0275. The zero-order valence-electron chi connectivity index (χ0n) is 13.8. The van der Waals surface area contributed by atoms with Crippen molar-refractivity contribution >= 4 is 11.6 Å². The number of hydrogen-bond acceptors (Lipinski definition) is 5. The predicted molar refractivity (Wildman–Crippen MR) is 93.1 cm³/mol. The number of nitrogens with one attached hydrogen (secondary N) is 1. The number of hydrogen-bond donors (Lipinski definition) is 2. The fourth-order valence-corrected chi connectivity index (χ4v) is 3.22. The van der Waals surface area contributed by atoms with E-state index in [4.69, 9.17) is 21.1 Å². The van der Waals surface area contributed by atoms with Crippen molar-refractivity contribution in [1.29, 1.82) is 0 Å². The zero-order chi connectivity index (χ0) is 17.0. The van der Waals surface area contributed by atoms with Crippen molar-refractivity contribution in [3.8, 4) is 5.75 Å². The molecule has 2 aliphatic rings. The second kappa shape index (κ2) is 7.36. The van der Waals surface area contributed by atoms with Crippen LogP contribution in [0.15, 0.2) is 48.2 Å². The van der Waals surface area contributed by atoms with Crippen molar-refractivity contribution in [1.82, 2.24) is 10.4 Å². The van der Waals surface area contributed by atoms with Crippen LogP contribution in [0, 0.1) is 0 Å². The van der Waals surface area contributed by atoms with E-state index in [0.29, 0.717) is 29.0 Å². The Kier molecular flexibility index (Phi) is 5.21. The number of ether oxygens (including phenoxy) is 2. The molecule has 0 radical (unpaired) electrons. The Bertz CT molecular complexity index is 622. The first kappa shape index (κ1) is 17.0. The summed E-state index contributed by atoms with van der Waals surface area (Å²) in [6, 6.07) is 7.15. The molecule has 1 aromatic rings. The second-order valence-electron chi connectivity index (χ2n) is 6.32. The molecule has 130 valence electrons. The quantitative estimate of drug-likeness (QED) is 0.850. The number of benzene rings is 1. The summed E-state index contributed by atoms with van der Waals surface area (Å²) in [5, 5.41) is 13.2. The fourth-order valence-electron chi connectivity index (χ4n) is 3.09. The second-order valence-corrected chi connectivity index (χ2v) is 6.76. The Hall–Kier alpha value is -1.85. The van der Waals surface area contributed by atoms with Gasteiger partial charge in [-0.05, 0) is 37.1 Å². The highest BCUT2D eigenvalue weighted by Crippen LogP contribution is 2.29. The molecule has 1 aliphatic carbocycles. The van der Waals surface area contributed by atoms with E-state index in [9.17, 15) is 5.11 Å². The fraction of sp³-hybridized carbons (Fsp3) is 0.444. The summed E-state index contributed by atoms with van der Waals surface area (Å²) < 4.78 is 11.2. The van der Waals surface area contributed by atoms with Crippen LogP contribution in [0.5, 0.6) is 5.75 Å². The number of β-amino-alcohol motifs (C(OH)–C–C–N with tert-alkyl or cyclic N) is 1. The van der Waals surface area contributed by atoms with Gasteiger partial charge in [0.2, 0.25) is 5.88 Å². The molecular weight excluding hydrogens is 328 g/mol. The van der Waals surface area contributed by atoms with Gasteiger partial charge in [0.25, 0.3) is 0 Å². The van der Waals surface area contributed by atoms with Gasteiger partial charge in [0.1, 0.15) is 11.5 Å². The monoisotopic (exact) mass is 350 g/mol. The van der Waals surface area contributed by atoms with Gasteiger partial charge in [0, 0.05) is 11.1 Å². The van der Waals surface area contributed by atoms with Crippen LogP contribution >= 0.6 is 11.6 Å². The number of halogens is 1. The van der Waals surface area contributed by atoms with E-state index in [2.05, 4.69) is 5.43 Å². The van der Waals surface area contributed by atoms with Crippen molar-refractivity contribution in [3.63, 3.8) is 0 Å². The Morgan fingerprint density at radius 1 is 1.21 bits per heavy atom. The van der Waals surface area contributed by atoms with Gasteiger partial charge in [0.15, 0.2) is 0 Å². The minimum atomic E-state index is -0.677. The molecule has 1 aliphatic heterocycles. The van der Waals surface area contributed by atoms with E-state index >= 15 is 0 Å². The van der Waals surface area contributed by atoms with Crippen LogP contribution in [0.1, 0.15) is 32.1 Å². The molecule has 5 nitrogen and oxygen atoms in total. The summed E-state index contributed by atoms with van der Waals surface area (Å²) in [4.78, 5) is 0. The molecular formula is C18H23ClN2O3. The molecule has 0 atom stereocenters. The lowest BCUT2D eigenvalue weighted by atomic mass is 9.85. The van der Waals surface area contributed by atoms with Crippen LogP contribution in [0.2, 0.25) is 5.02 Å². The average Bonchev–Trinajstić information content (AvgIpc) is 2.57. The van der Waals surface area contributed by atoms with E-state index in [1.165, 1.54) is 6.42 Å². The highest BCUT2D eigenvalue weighted by Gasteiger charge is 2.32. The van der Waals surface area contributed by atoms with Gasteiger partial charge in [-0.1, -0.05) is 30.9 Å². The lowest BCUT2D eigenvalue weighted by Gasteiger charge is -2.38. The number of allylic oxidation sites excluding steroid dienone is 1. The van der Waals surface area contributed by atoms with Gasteiger partial charge in [-0.2, -0.15) is 0 Å². The summed E-state index contributed by atoms with van der Waals surface area (Å²) in [5.74, 6) is 1.88. The van der Waals surface area contributed by atoms with Crippen LogP contribution < -0.4 is 10.2 Å². The standard InChI is InChI=1S/C18H23ClN2O3/c1-23-16-11-17(24-15-7-5-14(19)6-8-15)20-21(12-16)13-18(22)9-3-2-4-10-18/h5-8,11-12,20,22H,2-4,9-10,13H2,1H3. The van der Waals surface area contributed by atoms with Gasteiger partial charge in [0.05, 0.1) is 25.5 Å².